The summed E-state index contributed by atoms with van der Waals surface area (Å²) in [4.78, 5) is 21.5. The molecule has 4 aliphatic rings. The number of aliphatic hydroxyl groups is 1. The Bertz CT molecular complexity index is 1150. The minimum atomic E-state index is -0.990. The van der Waals surface area contributed by atoms with Gasteiger partial charge in [-0.25, -0.2) is 0 Å². The van der Waals surface area contributed by atoms with Crippen LogP contribution < -0.4 is 4.74 Å². The quantitative estimate of drug-likeness (QED) is 0.664. The highest BCUT2D eigenvalue weighted by Crippen LogP contribution is 2.65. The van der Waals surface area contributed by atoms with Crippen LogP contribution >= 0.6 is 0 Å². The number of ether oxygens (including phenoxy) is 1. The molecule has 0 radical (unpaired) electrons. The van der Waals surface area contributed by atoms with Crippen molar-refractivity contribution in [3.8, 4) is 11.5 Å². The highest BCUT2D eigenvalue weighted by atomic mass is 16.5. The summed E-state index contributed by atoms with van der Waals surface area (Å²) < 4.78 is 6.55. The number of phenolic OH excluding ortho intramolecular Hbond substituents is 1. The summed E-state index contributed by atoms with van der Waals surface area (Å²) in [5, 5.41) is 23.2. The number of benzene rings is 1. The smallest absolute Gasteiger partial charge is 0.227 e. The number of hydrogen-bond acceptors (Lipinski definition) is 6. The fourth-order valence-electron chi connectivity index (χ4n) is 7.37. The molecule has 1 saturated carbocycles. The Hall–Kier alpha value is -2.90. The van der Waals surface area contributed by atoms with Gasteiger partial charge in [0.1, 0.15) is 6.10 Å². The third-order valence-electron chi connectivity index (χ3n) is 8.90. The molecule has 3 heterocycles. The summed E-state index contributed by atoms with van der Waals surface area (Å²) in [6, 6.07) is 7.15. The number of likely N-dealkylation sites (tertiary alicyclic amines) is 1. The Kier molecular flexibility index (Phi) is 4.80. The summed E-state index contributed by atoms with van der Waals surface area (Å²) in [7, 11) is 1.84. The average Bonchev–Trinajstić information content (AvgIpc) is 3.18. The molecule has 2 N–H and O–H groups in total. The first-order chi connectivity index (χ1) is 16.4. The molecule has 1 aromatic carbocycles. The molecule has 7 heteroatoms. The van der Waals surface area contributed by atoms with Crippen molar-refractivity contribution in [2.45, 2.75) is 61.3 Å². The third-order valence-corrected chi connectivity index (χ3v) is 8.90. The second kappa shape index (κ2) is 7.55. The summed E-state index contributed by atoms with van der Waals surface area (Å²) >= 11 is 0. The first kappa shape index (κ1) is 21.6. The number of aromatic hydroxyl groups is 1. The number of carbonyl (C=O) groups excluding carboxylic acids is 1. The van der Waals surface area contributed by atoms with Crippen LogP contribution in [0.5, 0.6) is 11.5 Å². The number of pyridine rings is 1. The number of phenols is 1. The van der Waals surface area contributed by atoms with E-state index in [2.05, 4.69) is 16.5 Å². The Labute approximate surface area is 199 Å². The molecule has 1 aromatic heterocycles. The van der Waals surface area contributed by atoms with Gasteiger partial charge in [0.2, 0.25) is 5.91 Å². The van der Waals surface area contributed by atoms with Crippen molar-refractivity contribution in [2.24, 2.45) is 0 Å². The van der Waals surface area contributed by atoms with Crippen LogP contribution in [0, 0.1) is 0 Å². The molecule has 2 fully saturated rings. The molecule has 1 spiro atoms. The molecular formula is C27H31N3O4. The van der Waals surface area contributed by atoms with Crippen LogP contribution in [0.3, 0.4) is 0 Å². The number of rotatable bonds is 5. The first-order valence-electron chi connectivity index (χ1n) is 12.1. The maximum atomic E-state index is 13.3. The van der Waals surface area contributed by atoms with Gasteiger partial charge < -0.3 is 19.8 Å². The predicted molar refractivity (Wildman–Crippen MR) is 127 cm³/mol. The molecule has 1 amide bonds. The molecule has 2 bridgehead atoms. The van der Waals surface area contributed by atoms with Crippen molar-refractivity contribution < 1.29 is 19.7 Å². The van der Waals surface area contributed by atoms with Crippen molar-refractivity contribution in [1.82, 2.24) is 14.8 Å². The topological polar surface area (TPSA) is 86.1 Å². The van der Waals surface area contributed by atoms with Crippen LogP contribution in [0.1, 0.15) is 36.0 Å². The number of likely N-dealkylation sites (N-methyl/N-ethyl adjacent to an activating group) is 1. The zero-order valence-corrected chi connectivity index (χ0v) is 19.5. The molecule has 5 atom stereocenters. The molecule has 2 aromatic rings. The minimum absolute atomic E-state index is 0.0125. The van der Waals surface area contributed by atoms with Crippen molar-refractivity contribution in [3.63, 3.8) is 0 Å². The molecule has 1 saturated heterocycles. The van der Waals surface area contributed by atoms with Crippen LogP contribution in [0.2, 0.25) is 0 Å². The zero-order chi connectivity index (χ0) is 23.7. The number of nitrogens with zero attached hydrogens (tertiary/aromatic N) is 3. The van der Waals surface area contributed by atoms with Crippen LogP contribution in [-0.4, -0.2) is 74.8 Å². The van der Waals surface area contributed by atoms with Crippen LogP contribution in [0.25, 0.3) is 0 Å². The lowest BCUT2D eigenvalue weighted by Gasteiger charge is -2.64. The second-order valence-electron chi connectivity index (χ2n) is 10.3. The van der Waals surface area contributed by atoms with Gasteiger partial charge in [-0.1, -0.05) is 12.1 Å². The molecule has 2 aliphatic heterocycles. The van der Waals surface area contributed by atoms with E-state index >= 15 is 0 Å². The third kappa shape index (κ3) is 2.71. The number of amides is 1. The zero-order valence-electron chi connectivity index (χ0n) is 19.5. The fourth-order valence-corrected chi connectivity index (χ4v) is 7.37. The summed E-state index contributed by atoms with van der Waals surface area (Å²) in [5.41, 5.74) is 1.38. The van der Waals surface area contributed by atoms with Gasteiger partial charge in [-0.05, 0) is 61.6 Å². The largest absolute Gasteiger partial charge is 0.504 e. The SMILES string of the molecule is C=CCN1CC[C@]23c4c5ccc(O)c4O[C@H]2[C@@H](N(C)C(=O)Cc2ccncc2)CC[C@@]3(O)[C@H]1C5. The van der Waals surface area contributed by atoms with Crippen molar-refractivity contribution in [2.75, 3.05) is 20.1 Å². The van der Waals surface area contributed by atoms with E-state index in [1.54, 1.807) is 18.5 Å². The van der Waals surface area contributed by atoms with E-state index in [4.69, 9.17) is 4.74 Å². The maximum Gasteiger partial charge on any atom is 0.227 e. The standard InChI is InChI=1S/C27H31N3O4/c1-3-13-30-14-10-26-23-18-4-5-20(31)24(23)34-25(26)19(6-9-27(26,33)21(30)16-18)29(2)22(32)15-17-7-11-28-12-8-17/h3-5,7-8,11-12,19,21,25,31,33H,1,6,9-10,13-16H2,2H3/t19-,21+,25-,26-,27+/m0/s1. The van der Waals surface area contributed by atoms with Gasteiger partial charge in [-0.2, -0.15) is 0 Å². The highest BCUT2D eigenvalue weighted by molar-refractivity contribution is 5.79. The molecule has 0 unspecified atom stereocenters. The van der Waals surface area contributed by atoms with E-state index < -0.39 is 17.1 Å². The predicted octanol–water partition coefficient (Wildman–Crippen LogP) is 2.20. The van der Waals surface area contributed by atoms with Crippen molar-refractivity contribution in [3.05, 3.63) is 66.0 Å². The van der Waals surface area contributed by atoms with E-state index in [-0.39, 0.29) is 23.7 Å². The van der Waals surface area contributed by atoms with E-state index in [1.165, 1.54) is 0 Å². The Balaban J connectivity index is 1.41. The number of piperidine rings is 1. The normalized spacial score (nSPS) is 33.1. The van der Waals surface area contributed by atoms with Crippen LogP contribution in [0.4, 0.5) is 0 Å². The lowest BCUT2D eigenvalue weighted by atomic mass is 9.48. The molecule has 178 valence electrons. The number of aromatic nitrogens is 1. The van der Waals surface area contributed by atoms with Gasteiger partial charge in [-0.3, -0.25) is 14.7 Å². The summed E-state index contributed by atoms with van der Waals surface area (Å²) in [5.74, 6) is 0.623. The van der Waals surface area contributed by atoms with E-state index in [0.29, 0.717) is 37.9 Å². The van der Waals surface area contributed by atoms with Crippen molar-refractivity contribution in [1.29, 1.82) is 0 Å². The van der Waals surface area contributed by atoms with Gasteiger partial charge >= 0.3 is 0 Å². The average molecular weight is 462 g/mol. The van der Waals surface area contributed by atoms with Gasteiger partial charge in [-0.15, -0.1) is 6.58 Å². The fraction of sp³-hybridized carbons (Fsp3) is 0.481. The van der Waals surface area contributed by atoms with Gasteiger partial charge in [0.15, 0.2) is 11.5 Å². The van der Waals surface area contributed by atoms with E-state index in [0.717, 1.165) is 29.8 Å². The van der Waals surface area contributed by atoms with E-state index in [1.807, 2.05) is 36.2 Å². The minimum Gasteiger partial charge on any atom is -0.504 e. The molecule has 2 aliphatic carbocycles. The van der Waals surface area contributed by atoms with E-state index in [9.17, 15) is 15.0 Å². The molecule has 6 rings (SSSR count). The number of carbonyl (C=O) groups is 1. The summed E-state index contributed by atoms with van der Waals surface area (Å²) in [6.45, 7) is 5.47. The highest BCUT2D eigenvalue weighted by Gasteiger charge is 2.73. The van der Waals surface area contributed by atoms with Gasteiger partial charge in [0, 0.05) is 37.6 Å². The Morgan fingerprint density at radius 3 is 2.88 bits per heavy atom. The Morgan fingerprint density at radius 2 is 2.12 bits per heavy atom. The van der Waals surface area contributed by atoms with Crippen LogP contribution in [0.15, 0.2) is 49.3 Å². The van der Waals surface area contributed by atoms with Crippen molar-refractivity contribution >= 4 is 5.91 Å². The second-order valence-corrected chi connectivity index (χ2v) is 10.3. The number of hydrogen-bond donors (Lipinski definition) is 2. The molecule has 7 nitrogen and oxygen atoms in total. The Morgan fingerprint density at radius 1 is 1.32 bits per heavy atom. The molecular weight excluding hydrogens is 430 g/mol. The van der Waals surface area contributed by atoms with Crippen LogP contribution in [-0.2, 0) is 23.1 Å². The molecule has 34 heavy (non-hydrogen) atoms. The summed E-state index contributed by atoms with van der Waals surface area (Å²) in [6.07, 6.45) is 7.83. The monoisotopic (exact) mass is 461 g/mol. The van der Waals surface area contributed by atoms with Gasteiger partial charge in [0.05, 0.1) is 23.5 Å². The lowest BCUT2D eigenvalue weighted by molar-refractivity contribution is -0.198. The maximum absolute atomic E-state index is 13.3. The lowest BCUT2D eigenvalue weighted by Crippen LogP contribution is -2.78. The van der Waals surface area contributed by atoms with Gasteiger partial charge in [0.25, 0.3) is 0 Å². The first-order valence-corrected chi connectivity index (χ1v) is 12.1.